The summed E-state index contributed by atoms with van der Waals surface area (Å²) in [5.41, 5.74) is 1.66. The second kappa shape index (κ2) is 6.37. The van der Waals surface area contributed by atoms with E-state index < -0.39 is 6.10 Å². The van der Waals surface area contributed by atoms with Gasteiger partial charge in [-0.2, -0.15) is 0 Å². The molecular formula is C14H13BrClNO2. The molecule has 2 aromatic rings. The predicted molar refractivity (Wildman–Crippen MR) is 78.6 cm³/mol. The lowest BCUT2D eigenvalue weighted by Crippen LogP contribution is -2.04. The number of rotatable bonds is 4. The van der Waals surface area contributed by atoms with Crippen LogP contribution in [0.1, 0.15) is 17.2 Å². The topological polar surface area (TPSA) is 42.4 Å². The van der Waals surface area contributed by atoms with Crippen molar-refractivity contribution in [3.8, 4) is 5.75 Å². The number of aliphatic hydroxyl groups is 1. The van der Waals surface area contributed by atoms with Crippen LogP contribution < -0.4 is 4.74 Å². The zero-order valence-corrected chi connectivity index (χ0v) is 12.6. The number of ether oxygens (including phenoxy) is 1. The second-order valence-electron chi connectivity index (χ2n) is 4.09. The van der Waals surface area contributed by atoms with Gasteiger partial charge in [0.25, 0.3) is 0 Å². The van der Waals surface area contributed by atoms with Crippen LogP contribution in [-0.4, -0.2) is 17.2 Å². The molecule has 1 aromatic carbocycles. The van der Waals surface area contributed by atoms with E-state index in [1.54, 1.807) is 25.4 Å². The van der Waals surface area contributed by atoms with Gasteiger partial charge in [0, 0.05) is 17.1 Å². The average Bonchev–Trinajstić information content (AvgIpc) is 2.39. The summed E-state index contributed by atoms with van der Waals surface area (Å²) < 4.78 is 6.24. The van der Waals surface area contributed by atoms with E-state index in [0.717, 1.165) is 21.3 Å². The molecule has 1 aromatic heterocycles. The normalized spacial score (nSPS) is 12.2. The summed E-state index contributed by atoms with van der Waals surface area (Å²) in [7, 11) is 1.61. The zero-order valence-electron chi connectivity index (χ0n) is 10.3. The minimum absolute atomic E-state index is 0.413. The zero-order chi connectivity index (χ0) is 13.8. The molecule has 19 heavy (non-hydrogen) atoms. The maximum Gasteiger partial charge on any atom is 0.129 e. The molecule has 0 bridgehead atoms. The third kappa shape index (κ3) is 3.69. The molecule has 1 atom stereocenters. The Morgan fingerprint density at radius 3 is 2.79 bits per heavy atom. The molecule has 0 amide bonds. The number of halogens is 2. The highest BCUT2D eigenvalue weighted by atomic mass is 79.9. The minimum Gasteiger partial charge on any atom is -0.496 e. The molecule has 0 saturated carbocycles. The third-order valence-electron chi connectivity index (χ3n) is 2.79. The highest BCUT2D eigenvalue weighted by molar-refractivity contribution is 9.10. The Morgan fingerprint density at radius 2 is 2.16 bits per heavy atom. The molecule has 3 nitrogen and oxygen atoms in total. The predicted octanol–water partition coefficient (Wildman–Crippen LogP) is 3.78. The number of aliphatic hydroxyl groups excluding tert-OH is 1. The van der Waals surface area contributed by atoms with Gasteiger partial charge >= 0.3 is 0 Å². The molecule has 0 aliphatic carbocycles. The van der Waals surface area contributed by atoms with Crippen LogP contribution in [0.4, 0.5) is 0 Å². The monoisotopic (exact) mass is 341 g/mol. The SMILES string of the molecule is COc1ccc(Br)cc1CC(O)c1ccc(Cl)nc1. The maximum atomic E-state index is 10.2. The van der Waals surface area contributed by atoms with Crippen molar-refractivity contribution in [3.63, 3.8) is 0 Å². The first-order valence-corrected chi connectivity index (χ1v) is 6.89. The van der Waals surface area contributed by atoms with Crippen LogP contribution in [0.2, 0.25) is 5.15 Å². The van der Waals surface area contributed by atoms with Crippen molar-refractivity contribution in [2.24, 2.45) is 0 Å². The summed E-state index contributed by atoms with van der Waals surface area (Å²) in [5.74, 6) is 0.754. The van der Waals surface area contributed by atoms with Crippen LogP contribution in [0.25, 0.3) is 0 Å². The van der Waals surface area contributed by atoms with E-state index in [-0.39, 0.29) is 0 Å². The summed E-state index contributed by atoms with van der Waals surface area (Å²) >= 11 is 9.14. The van der Waals surface area contributed by atoms with E-state index in [9.17, 15) is 5.11 Å². The van der Waals surface area contributed by atoms with Crippen LogP contribution >= 0.6 is 27.5 Å². The van der Waals surface area contributed by atoms with Gasteiger partial charge in [0.1, 0.15) is 10.9 Å². The summed E-state index contributed by atoms with van der Waals surface area (Å²) in [6, 6.07) is 9.14. The standard InChI is InChI=1S/C14H13BrClNO2/c1-19-13-4-3-11(15)6-10(13)7-12(18)9-2-5-14(16)17-8-9/h2-6,8,12,18H,7H2,1H3. The second-order valence-corrected chi connectivity index (χ2v) is 5.39. The van der Waals surface area contributed by atoms with Crippen molar-refractivity contribution < 1.29 is 9.84 Å². The molecule has 1 heterocycles. The van der Waals surface area contributed by atoms with Gasteiger partial charge in [-0.05, 0) is 35.4 Å². The number of pyridine rings is 1. The Kier molecular flexibility index (Phi) is 4.80. The molecule has 0 radical (unpaired) electrons. The van der Waals surface area contributed by atoms with E-state index in [2.05, 4.69) is 20.9 Å². The summed E-state index contributed by atoms with van der Waals surface area (Å²) in [5, 5.41) is 10.6. The fraction of sp³-hybridized carbons (Fsp3) is 0.214. The molecule has 0 aliphatic heterocycles. The van der Waals surface area contributed by atoms with Gasteiger partial charge in [-0.15, -0.1) is 0 Å². The third-order valence-corrected chi connectivity index (χ3v) is 3.51. The first kappa shape index (κ1) is 14.3. The fourth-order valence-electron chi connectivity index (χ4n) is 1.82. The molecule has 0 aliphatic rings. The first-order valence-electron chi connectivity index (χ1n) is 5.72. The van der Waals surface area contributed by atoms with Gasteiger partial charge in [0.15, 0.2) is 0 Å². The van der Waals surface area contributed by atoms with Crippen LogP contribution in [0.3, 0.4) is 0 Å². The Morgan fingerprint density at radius 1 is 1.37 bits per heavy atom. The van der Waals surface area contributed by atoms with E-state index in [0.29, 0.717) is 11.6 Å². The van der Waals surface area contributed by atoms with Gasteiger partial charge in [-0.3, -0.25) is 0 Å². The minimum atomic E-state index is -0.645. The maximum absolute atomic E-state index is 10.2. The number of hydrogen-bond donors (Lipinski definition) is 1. The van der Waals surface area contributed by atoms with Crippen molar-refractivity contribution in [1.82, 2.24) is 4.98 Å². The summed E-state index contributed by atoms with van der Waals surface area (Å²) in [6.07, 6.45) is 1.39. The van der Waals surface area contributed by atoms with Gasteiger partial charge in [0.2, 0.25) is 0 Å². The van der Waals surface area contributed by atoms with Crippen molar-refractivity contribution in [2.75, 3.05) is 7.11 Å². The van der Waals surface area contributed by atoms with E-state index in [1.165, 1.54) is 0 Å². The Labute approximate surface area is 125 Å². The molecular weight excluding hydrogens is 330 g/mol. The smallest absolute Gasteiger partial charge is 0.129 e. The molecule has 100 valence electrons. The number of aromatic nitrogens is 1. The molecule has 1 N–H and O–H groups in total. The largest absolute Gasteiger partial charge is 0.496 e. The molecule has 5 heteroatoms. The first-order chi connectivity index (χ1) is 9.10. The summed E-state index contributed by atoms with van der Waals surface area (Å²) in [6.45, 7) is 0. The lowest BCUT2D eigenvalue weighted by atomic mass is 10.0. The van der Waals surface area contributed by atoms with Gasteiger partial charge in [0.05, 0.1) is 13.2 Å². The fourth-order valence-corrected chi connectivity index (χ4v) is 2.34. The number of methoxy groups -OCH3 is 1. The van der Waals surface area contributed by atoms with Crippen LogP contribution in [-0.2, 0) is 6.42 Å². The van der Waals surface area contributed by atoms with Crippen molar-refractivity contribution in [3.05, 3.63) is 57.3 Å². The molecule has 1 unspecified atom stereocenters. The van der Waals surface area contributed by atoms with Crippen molar-refractivity contribution in [1.29, 1.82) is 0 Å². The highest BCUT2D eigenvalue weighted by Gasteiger charge is 2.13. The van der Waals surface area contributed by atoms with Crippen molar-refractivity contribution in [2.45, 2.75) is 12.5 Å². The lowest BCUT2D eigenvalue weighted by Gasteiger charge is -2.14. The molecule has 0 spiro atoms. The summed E-state index contributed by atoms with van der Waals surface area (Å²) in [4.78, 5) is 3.97. The number of nitrogens with zero attached hydrogens (tertiary/aromatic N) is 1. The Bertz CT molecular complexity index is 560. The molecule has 2 rings (SSSR count). The Hall–Kier alpha value is -1.10. The van der Waals surface area contributed by atoms with Gasteiger partial charge in [-0.1, -0.05) is 33.6 Å². The Balaban J connectivity index is 2.20. The average molecular weight is 343 g/mol. The van der Waals surface area contributed by atoms with Crippen molar-refractivity contribution >= 4 is 27.5 Å². The van der Waals surface area contributed by atoms with E-state index >= 15 is 0 Å². The van der Waals surface area contributed by atoms with Crippen LogP contribution in [0.5, 0.6) is 5.75 Å². The number of benzene rings is 1. The van der Waals surface area contributed by atoms with Crippen LogP contribution in [0, 0.1) is 0 Å². The quantitative estimate of drug-likeness (QED) is 0.860. The van der Waals surface area contributed by atoms with E-state index in [1.807, 2.05) is 18.2 Å². The molecule has 0 saturated heterocycles. The highest BCUT2D eigenvalue weighted by Crippen LogP contribution is 2.28. The lowest BCUT2D eigenvalue weighted by molar-refractivity contribution is 0.177. The van der Waals surface area contributed by atoms with E-state index in [4.69, 9.17) is 16.3 Å². The van der Waals surface area contributed by atoms with Gasteiger partial charge in [-0.25, -0.2) is 4.98 Å². The number of hydrogen-bond acceptors (Lipinski definition) is 3. The van der Waals surface area contributed by atoms with Crippen LogP contribution in [0.15, 0.2) is 41.0 Å². The molecule has 0 fully saturated rings. The van der Waals surface area contributed by atoms with Gasteiger partial charge < -0.3 is 9.84 Å².